The Kier molecular flexibility index (Phi) is 4.96. The molecule has 0 saturated heterocycles. The minimum atomic E-state index is -0.269. The largest absolute Gasteiger partial charge is 0.490 e. The Morgan fingerprint density at radius 3 is 2.55 bits per heavy atom. The molecule has 0 aliphatic rings. The Hall–Kier alpha value is -2.07. The molecule has 3 nitrogen and oxygen atoms in total. The minimum Gasteiger partial charge on any atom is -0.490 e. The van der Waals surface area contributed by atoms with Crippen molar-refractivity contribution in [2.75, 3.05) is 6.61 Å². The fourth-order valence-corrected chi connectivity index (χ4v) is 1.85. The average molecular weight is 275 g/mol. The van der Waals surface area contributed by atoms with Crippen molar-refractivity contribution in [1.29, 1.82) is 0 Å². The Balaban J connectivity index is 2.12. The molecule has 0 amide bonds. The Labute approximate surface area is 118 Å². The van der Waals surface area contributed by atoms with Gasteiger partial charge in [0.25, 0.3) is 0 Å². The van der Waals surface area contributed by atoms with Crippen molar-refractivity contribution in [3.63, 3.8) is 0 Å². The van der Waals surface area contributed by atoms with Crippen LogP contribution < -0.4 is 15.2 Å². The number of halogens is 1. The van der Waals surface area contributed by atoms with E-state index in [4.69, 9.17) is 15.2 Å². The van der Waals surface area contributed by atoms with Gasteiger partial charge in [-0.15, -0.1) is 0 Å². The van der Waals surface area contributed by atoms with Crippen LogP contribution in [0.25, 0.3) is 0 Å². The third-order valence-corrected chi connectivity index (χ3v) is 2.83. The summed E-state index contributed by atoms with van der Waals surface area (Å²) in [4.78, 5) is 0. The van der Waals surface area contributed by atoms with Gasteiger partial charge in [0.1, 0.15) is 12.4 Å². The minimum absolute atomic E-state index is 0.269. The van der Waals surface area contributed by atoms with Crippen LogP contribution in [0.15, 0.2) is 42.5 Å². The summed E-state index contributed by atoms with van der Waals surface area (Å²) >= 11 is 0. The van der Waals surface area contributed by atoms with Crippen molar-refractivity contribution in [1.82, 2.24) is 0 Å². The second-order valence-electron chi connectivity index (χ2n) is 4.34. The molecule has 0 saturated carbocycles. The first kappa shape index (κ1) is 14.3. The number of ether oxygens (including phenoxy) is 2. The van der Waals surface area contributed by atoms with Gasteiger partial charge in [-0.1, -0.05) is 18.2 Å². The van der Waals surface area contributed by atoms with Gasteiger partial charge in [0.2, 0.25) is 0 Å². The predicted octanol–water partition coefficient (Wildman–Crippen LogP) is 3.26. The monoisotopic (exact) mass is 275 g/mol. The van der Waals surface area contributed by atoms with Crippen LogP contribution in [-0.4, -0.2) is 6.61 Å². The maximum atomic E-state index is 13.1. The highest BCUT2D eigenvalue weighted by atomic mass is 19.1. The van der Waals surface area contributed by atoms with Crippen molar-refractivity contribution in [3.05, 3.63) is 59.4 Å². The molecule has 0 heterocycles. The van der Waals surface area contributed by atoms with E-state index in [9.17, 15) is 4.39 Å². The molecule has 4 heteroatoms. The number of benzene rings is 2. The molecule has 0 bridgehead atoms. The molecular formula is C16H18FNO2. The molecule has 0 atom stereocenters. The van der Waals surface area contributed by atoms with Gasteiger partial charge in [0.15, 0.2) is 11.5 Å². The lowest BCUT2D eigenvalue weighted by molar-refractivity contribution is 0.269. The van der Waals surface area contributed by atoms with E-state index < -0.39 is 0 Å². The molecule has 0 aliphatic carbocycles. The summed E-state index contributed by atoms with van der Waals surface area (Å²) in [7, 11) is 0. The van der Waals surface area contributed by atoms with Gasteiger partial charge in [-0.3, -0.25) is 0 Å². The molecule has 2 aromatic carbocycles. The number of nitrogens with two attached hydrogens (primary N) is 1. The molecule has 0 radical (unpaired) electrons. The van der Waals surface area contributed by atoms with Crippen LogP contribution in [0.3, 0.4) is 0 Å². The van der Waals surface area contributed by atoms with Gasteiger partial charge in [-0.2, -0.15) is 0 Å². The fraction of sp³-hybridized carbons (Fsp3) is 0.250. The van der Waals surface area contributed by atoms with Crippen molar-refractivity contribution < 1.29 is 13.9 Å². The lowest BCUT2D eigenvalue weighted by Gasteiger charge is -2.13. The van der Waals surface area contributed by atoms with Crippen LogP contribution in [0.4, 0.5) is 4.39 Å². The number of rotatable bonds is 6. The van der Waals surface area contributed by atoms with Crippen molar-refractivity contribution in [2.24, 2.45) is 5.73 Å². The van der Waals surface area contributed by atoms with Gasteiger partial charge >= 0.3 is 0 Å². The Bertz CT molecular complexity index is 572. The van der Waals surface area contributed by atoms with Crippen LogP contribution >= 0.6 is 0 Å². The smallest absolute Gasteiger partial charge is 0.161 e. The van der Waals surface area contributed by atoms with Crippen molar-refractivity contribution in [2.45, 2.75) is 20.1 Å². The molecule has 2 aromatic rings. The van der Waals surface area contributed by atoms with E-state index >= 15 is 0 Å². The van der Waals surface area contributed by atoms with Crippen LogP contribution in [0.1, 0.15) is 18.1 Å². The van der Waals surface area contributed by atoms with Crippen LogP contribution in [0, 0.1) is 5.82 Å². The van der Waals surface area contributed by atoms with E-state index in [-0.39, 0.29) is 5.82 Å². The first-order chi connectivity index (χ1) is 9.72. The number of hydrogen-bond donors (Lipinski definition) is 1. The lowest BCUT2D eigenvalue weighted by atomic mass is 10.2. The summed E-state index contributed by atoms with van der Waals surface area (Å²) in [5.74, 6) is 1.02. The van der Waals surface area contributed by atoms with E-state index in [1.165, 1.54) is 12.1 Å². The Morgan fingerprint density at radius 2 is 1.85 bits per heavy atom. The van der Waals surface area contributed by atoms with Gasteiger partial charge in [-0.25, -0.2) is 4.39 Å². The highest BCUT2D eigenvalue weighted by molar-refractivity contribution is 5.43. The quantitative estimate of drug-likeness (QED) is 0.880. The SMILES string of the molecule is CCOc1cc(CN)ccc1OCc1cccc(F)c1. The lowest BCUT2D eigenvalue weighted by Crippen LogP contribution is -2.02. The maximum absolute atomic E-state index is 13.1. The summed E-state index contributed by atoms with van der Waals surface area (Å²) in [6.45, 7) is 3.19. The van der Waals surface area contributed by atoms with Gasteiger partial charge in [-0.05, 0) is 42.3 Å². The molecule has 20 heavy (non-hydrogen) atoms. The van der Waals surface area contributed by atoms with Gasteiger partial charge in [0.05, 0.1) is 6.61 Å². The molecule has 0 aromatic heterocycles. The predicted molar refractivity (Wildman–Crippen MR) is 76.2 cm³/mol. The molecule has 2 rings (SSSR count). The maximum Gasteiger partial charge on any atom is 0.161 e. The first-order valence-electron chi connectivity index (χ1n) is 6.56. The van der Waals surface area contributed by atoms with E-state index in [1.807, 2.05) is 31.2 Å². The average Bonchev–Trinajstić information content (AvgIpc) is 2.46. The highest BCUT2D eigenvalue weighted by Gasteiger charge is 2.06. The molecule has 0 unspecified atom stereocenters. The fourth-order valence-electron chi connectivity index (χ4n) is 1.85. The topological polar surface area (TPSA) is 44.5 Å². The normalized spacial score (nSPS) is 10.3. The number of hydrogen-bond acceptors (Lipinski definition) is 3. The van der Waals surface area contributed by atoms with Crippen LogP contribution in [0.2, 0.25) is 0 Å². The molecule has 0 fully saturated rings. The zero-order valence-corrected chi connectivity index (χ0v) is 11.4. The van der Waals surface area contributed by atoms with Crippen molar-refractivity contribution >= 4 is 0 Å². The van der Waals surface area contributed by atoms with E-state index in [2.05, 4.69) is 0 Å². The summed E-state index contributed by atoms with van der Waals surface area (Å²) in [5, 5.41) is 0. The van der Waals surface area contributed by atoms with Crippen LogP contribution in [0.5, 0.6) is 11.5 Å². The second-order valence-corrected chi connectivity index (χ2v) is 4.34. The van der Waals surface area contributed by atoms with E-state index in [1.54, 1.807) is 6.07 Å². The Morgan fingerprint density at radius 1 is 1.00 bits per heavy atom. The zero-order valence-electron chi connectivity index (χ0n) is 11.4. The molecule has 0 spiro atoms. The van der Waals surface area contributed by atoms with E-state index in [0.29, 0.717) is 31.3 Å². The molecule has 2 N–H and O–H groups in total. The molecule has 106 valence electrons. The zero-order chi connectivity index (χ0) is 14.4. The van der Waals surface area contributed by atoms with Gasteiger partial charge in [0, 0.05) is 6.54 Å². The highest BCUT2D eigenvalue weighted by Crippen LogP contribution is 2.29. The molecule has 0 aliphatic heterocycles. The third kappa shape index (κ3) is 3.71. The van der Waals surface area contributed by atoms with Crippen molar-refractivity contribution in [3.8, 4) is 11.5 Å². The summed E-state index contributed by atoms with van der Waals surface area (Å²) in [6.07, 6.45) is 0. The molecular weight excluding hydrogens is 257 g/mol. The second kappa shape index (κ2) is 6.91. The summed E-state index contributed by atoms with van der Waals surface area (Å²) < 4.78 is 24.3. The standard InChI is InChI=1S/C16H18FNO2/c1-2-19-16-9-12(10-18)6-7-15(16)20-11-13-4-3-5-14(17)8-13/h3-9H,2,10-11,18H2,1H3. The summed E-state index contributed by atoms with van der Waals surface area (Å²) in [5.41, 5.74) is 7.36. The third-order valence-electron chi connectivity index (χ3n) is 2.83. The van der Waals surface area contributed by atoms with Gasteiger partial charge < -0.3 is 15.2 Å². The summed E-state index contributed by atoms with van der Waals surface area (Å²) in [6, 6.07) is 11.9. The van der Waals surface area contributed by atoms with Crippen LogP contribution in [-0.2, 0) is 13.2 Å². The first-order valence-corrected chi connectivity index (χ1v) is 6.56. The van der Waals surface area contributed by atoms with E-state index in [0.717, 1.165) is 11.1 Å².